The maximum absolute atomic E-state index is 11.1. The normalized spacial score (nSPS) is 10.5. The van der Waals surface area contributed by atoms with Crippen LogP contribution in [0.15, 0.2) is 29.1 Å². The number of hydrogen-bond acceptors (Lipinski definition) is 2. The van der Waals surface area contributed by atoms with E-state index in [1.54, 1.807) is 4.68 Å². The van der Waals surface area contributed by atoms with E-state index in [0.29, 0.717) is 5.82 Å². The third-order valence-corrected chi connectivity index (χ3v) is 2.36. The Balaban J connectivity index is 2.68. The van der Waals surface area contributed by atoms with Gasteiger partial charge in [0, 0.05) is 6.07 Å². The van der Waals surface area contributed by atoms with Crippen molar-refractivity contribution in [2.45, 2.75) is 13.8 Å². The second-order valence-electron chi connectivity index (χ2n) is 3.67. The van der Waals surface area contributed by atoms with Crippen LogP contribution in [-0.4, -0.2) is 9.78 Å². The molecule has 2 rings (SSSR count). The Bertz CT molecular complexity index is 551. The molecule has 0 saturated carbocycles. The van der Waals surface area contributed by atoms with Crippen molar-refractivity contribution < 1.29 is 0 Å². The van der Waals surface area contributed by atoms with Crippen LogP contribution in [-0.2, 0) is 0 Å². The van der Waals surface area contributed by atoms with Gasteiger partial charge < -0.3 is 5.73 Å². The third kappa shape index (κ3) is 1.66. The lowest BCUT2D eigenvalue weighted by atomic mass is 10.1. The second kappa shape index (κ2) is 3.31. The van der Waals surface area contributed by atoms with Crippen LogP contribution in [0.3, 0.4) is 0 Å². The Labute approximate surface area is 87.3 Å². The minimum atomic E-state index is -0.187. The molecular formula is C11H13N3O. The number of nitrogens with zero attached hydrogens (tertiary/aromatic N) is 1. The van der Waals surface area contributed by atoms with Crippen molar-refractivity contribution >= 4 is 5.82 Å². The number of nitrogen functional groups attached to an aromatic ring is 1. The van der Waals surface area contributed by atoms with E-state index in [9.17, 15) is 4.79 Å². The summed E-state index contributed by atoms with van der Waals surface area (Å²) in [4.78, 5) is 11.1. The highest BCUT2D eigenvalue weighted by molar-refractivity contribution is 5.47. The van der Waals surface area contributed by atoms with Crippen molar-refractivity contribution in [1.82, 2.24) is 9.78 Å². The summed E-state index contributed by atoms with van der Waals surface area (Å²) in [6, 6.07) is 7.39. The summed E-state index contributed by atoms with van der Waals surface area (Å²) < 4.78 is 1.60. The summed E-state index contributed by atoms with van der Waals surface area (Å²) >= 11 is 0. The summed E-state index contributed by atoms with van der Waals surface area (Å²) in [6.45, 7) is 3.98. The molecule has 0 amide bonds. The Hall–Kier alpha value is -1.97. The number of aromatic nitrogens is 2. The molecule has 0 aliphatic carbocycles. The minimum Gasteiger partial charge on any atom is -0.384 e. The fourth-order valence-electron chi connectivity index (χ4n) is 1.57. The second-order valence-corrected chi connectivity index (χ2v) is 3.67. The molecule has 78 valence electrons. The smallest absolute Gasteiger partial charge is 0.266 e. The molecular weight excluding hydrogens is 190 g/mol. The highest BCUT2D eigenvalue weighted by atomic mass is 16.1. The summed E-state index contributed by atoms with van der Waals surface area (Å²) in [7, 11) is 0. The first-order valence-corrected chi connectivity index (χ1v) is 4.73. The Morgan fingerprint density at radius 2 is 2.00 bits per heavy atom. The number of benzene rings is 1. The molecule has 15 heavy (non-hydrogen) atoms. The third-order valence-electron chi connectivity index (χ3n) is 2.36. The molecule has 2 aromatic rings. The molecule has 1 aromatic heterocycles. The molecule has 0 aliphatic heterocycles. The minimum absolute atomic E-state index is 0.187. The van der Waals surface area contributed by atoms with Crippen LogP contribution < -0.4 is 11.3 Å². The molecule has 1 heterocycles. The van der Waals surface area contributed by atoms with Crippen molar-refractivity contribution in [2.24, 2.45) is 0 Å². The van der Waals surface area contributed by atoms with Gasteiger partial charge in [0.15, 0.2) is 0 Å². The molecule has 0 saturated heterocycles. The van der Waals surface area contributed by atoms with E-state index in [-0.39, 0.29) is 5.56 Å². The zero-order valence-electron chi connectivity index (χ0n) is 8.74. The molecule has 0 spiro atoms. The van der Waals surface area contributed by atoms with E-state index < -0.39 is 0 Å². The Morgan fingerprint density at radius 1 is 1.27 bits per heavy atom. The highest BCUT2D eigenvalue weighted by Crippen LogP contribution is 2.16. The summed E-state index contributed by atoms with van der Waals surface area (Å²) in [5.74, 6) is 0.425. The van der Waals surface area contributed by atoms with Gasteiger partial charge in [-0.15, -0.1) is 0 Å². The number of anilines is 1. The van der Waals surface area contributed by atoms with Crippen molar-refractivity contribution in [3.8, 4) is 5.69 Å². The monoisotopic (exact) mass is 203 g/mol. The molecule has 0 fully saturated rings. The quantitative estimate of drug-likeness (QED) is 0.735. The van der Waals surface area contributed by atoms with Crippen molar-refractivity contribution in [1.29, 1.82) is 0 Å². The Morgan fingerprint density at radius 3 is 2.60 bits per heavy atom. The molecule has 4 nitrogen and oxygen atoms in total. The SMILES string of the molecule is Cc1ccc(C)c(-n2[nH]c(=O)cc2N)c1. The summed E-state index contributed by atoms with van der Waals surface area (Å²) in [5, 5.41) is 2.66. The van der Waals surface area contributed by atoms with Gasteiger partial charge in [0.05, 0.1) is 5.69 Å². The first kappa shape index (κ1) is 9.58. The molecule has 1 aromatic carbocycles. The van der Waals surface area contributed by atoms with Crippen LogP contribution in [0.2, 0.25) is 0 Å². The maximum atomic E-state index is 11.1. The fraction of sp³-hybridized carbons (Fsp3) is 0.182. The van der Waals surface area contributed by atoms with Gasteiger partial charge >= 0.3 is 0 Å². The van der Waals surface area contributed by atoms with Gasteiger partial charge in [0.2, 0.25) is 0 Å². The first-order valence-electron chi connectivity index (χ1n) is 4.73. The van der Waals surface area contributed by atoms with Crippen LogP contribution in [0.1, 0.15) is 11.1 Å². The molecule has 4 heteroatoms. The zero-order valence-corrected chi connectivity index (χ0v) is 8.74. The van der Waals surface area contributed by atoms with Crippen molar-refractivity contribution in [3.05, 3.63) is 45.7 Å². The summed E-state index contributed by atoms with van der Waals surface area (Å²) in [5.41, 5.74) is 8.65. The van der Waals surface area contributed by atoms with Gasteiger partial charge in [0.1, 0.15) is 5.82 Å². The molecule has 0 aliphatic rings. The molecule has 0 atom stereocenters. The van der Waals surface area contributed by atoms with E-state index in [0.717, 1.165) is 16.8 Å². The van der Waals surface area contributed by atoms with Gasteiger partial charge in [0.25, 0.3) is 5.56 Å². The van der Waals surface area contributed by atoms with Crippen LogP contribution in [0.5, 0.6) is 0 Å². The van der Waals surface area contributed by atoms with E-state index in [4.69, 9.17) is 5.73 Å². The fourth-order valence-corrected chi connectivity index (χ4v) is 1.57. The van der Waals surface area contributed by atoms with Gasteiger partial charge in [-0.3, -0.25) is 9.89 Å². The van der Waals surface area contributed by atoms with E-state index in [2.05, 4.69) is 5.10 Å². The highest BCUT2D eigenvalue weighted by Gasteiger charge is 2.05. The number of nitrogens with one attached hydrogen (secondary N) is 1. The van der Waals surface area contributed by atoms with Crippen LogP contribution in [0, 0.1) is 13.8 Å². The van der Waals surface area contributed by atoms with Gasteiger partial charge in [-0.25, -0.2) is 4.68 Å². The average Bonchev–Trinajstić information content (AvgIpc) is 2.50. The van der Waals surface area contributed by atoms with Crippen LogP contribution in [0.25, 0.3) is 5.69 Å². The largest absolute Gasteiger partial charge is 0.384 e. The van der Waals surface area contributed by atoms with Crippen molar-refractivity contribution in [2.75, 3.05) is 5.73 Å². The summed E-state index contributed by atoms with van der Waals surface area (Å²) in [6.07, 6.45) is 0. The molecule has 0 bridgehead atoms. The first-order chi connectivity index (χ1) is 7.08. The van der Waals surface area contributed by atoms with E-state index in [1.807, 2.05) is 32.0 Å². The number of H-pyrrole nitrogens is 1. The maximum Gasteiger partial charge on any atom is 0.266 e. The van der Waals surface area contributed by atoms with Crippen LogP contribution >= 0.6 is 0 Å². The van der Waals surface area contributed by atoms with E-state index >= 15 is 0 Å². The zero-order chi connectivity index (χ0) is 11.0. The number of hydrogen-bond donors (Lipinski definition) is 2. The molecule has 0 radical (unpaired) electrons. The lowest BCUT2D eigenvalue weighted by Crippen LogP contribution is -2.06. The lowest BCUT2D eigenvalue weighted by Gasteiger charge is -2.09. The van der Waals surface area contributed by atoms with Crippen LogP contribution in [0.4, 0.5) is 5.82 Å². The lowest BCUT2D eigenvalue weighted by molar-refractivity contribution is 0.865. The molecule has 3 N–H and O–H groups in total. The Kier molecular flexibility index (Phi) is 2.11. The number of aromatic amines is 1. The topological polar surface area (TPSA) is 63.8 Å². The van der Waals surface area contributed by atoms with E-state index in [1.165, 1.54) is 6.07 Å². The standard InChI is InChI=1S/C11H13N3O/c1-7-3-4-8(2)9(5-7)14-10(12)6-11(15)13-14/h3-6H,12H2,1-2H3,(H,13,15). The van der Waals surface area contributed by atoms with Gasteiger partial charge in [-0.1, -0.05) is 12.1 Å². The van der Waals surface area contributed by atoms with Gasteiger partial charge in [-0.2, -0.15) is 0 Å². The average molecular weight is 203 g/mol. The van der Waals surface area contributed by atoms with Crippen molar-refractivity contribution in [3.63, 3.8) is 0 Å². The predicted molar refractivity (Wildman–Crippen MR) is 60.3 cm³/mol. The number of nitrogens with two attached hydrogens (primary N) is 1. The molecule has 0 unspecified atom stereocenters. The number of rotatable bonds is 1. The van der Waals surface area contributed by atoms with Gasteiger partial charge in [-0.05, 0) is 31.0 Å². The predicted octanol–water partition coefficient (Wildman–Crippen LogP) is 1.36. The number of aryl methyl sites for hydroxylation is 2.